The van der Waals surface area contributed by atoms with E-state index in [-0.39, 0.29) is 12.3 Å². The highest BCUT2D eigenvalue weighted by molar-refractivity contribution is 5.89. The maximum absolute atomic E-state index is 13.3. The van der Waals surface area contributed by atoms with E-state index in [9.17, 15) is 9.90 Å². The van der Waals surface area contributed by atoms with Crippen LogP contribution in [-0.4, -0.2) is 47.4 Å². The Labute approximate surface area is 258 Å². The van der Waals surface area contributed by atoms with Crippen molar-refractivity contribution in [3.63, 3.8) is 0 Å². The zero-order valence-corrected chi connectivity index (χ0v) is 26.3. The van der Waals surface area contributed by atoms with Crippen LogP contribution in [-0.2, 0) is 28.8 Å². The monoisotopic (exact) mass is 592 g/mol. The van der Waals surface area contributed by atoms with Crippen molar-refractivity contribution < 1.29 is 14.6 Å². The zero-order chi connectivity index (χ0) is 31.5. The van der Waals surface area contributed by atoms with E-state index in [1.165, 1.54) is 0 Å². The molecular weight excluding hydrogens is 552 g/mol. The van der Waals surface area contributed by atoms with Gasteiger partial charge >= 0.3 is 5.97 Å². The molecule has 0 aliphatic carbocycles. The average molecular weight is 593 g/mol. The molecule has 3 aromatic carbocycles. The second-order valence-electron chi connectivity index (χ2n) is 11.9. The lowest BCUT2D eigenvalue weighted by molar-refractivity contribution is 0.0469. The smallest absolute Gasteiger partial charge is 0.357 e. The van der Waals surface area contributed by atoms with Crippen molar-refractivity contribution in [1.29, 1.82) is 0 Å². The van der Waals surface area contributed by atoms with E-state index in [2.05, 4.69) is 61.4 Å². The van der Waals surface area contributed by atoms with E-state index >= 15 is 0 Å². The van der Waals surface area contributed by atoms with Gasteiger partial charge in [0.2, 0.25) is 5.82 Å². The Bertz CT molecular complexity index is 1730. The highest BCUT2D eigenvalue weighted by atomic mass is 16.5. The SMILES string of the molecule is CCCc1nc(C(C)(C)O)c(C(=O)OCC)n1Cc1ccc(-c2ccccc2)c(-c2nnn(C(C)(C)c3ccccc3)n2)c1. The molecule has 9 heteroatoms. The second-order valence-corrected chi connectivity index (χ2v) is 11.9. The van der Waals surface area contributed by atoms with Gasteiger partial charge in [-0.3, -0.25) is 0 Å². The van der Waals surface area contributed by atoms with E-state index in [1.807, 2.05) is 53.1 Å². The van der Waals surface area contributed by atoms with Crippen LogP contribution in [0.15, 0.2) is 78.9 Å². The first-order chi connectivity index (χ1) is 21.0. The Kier molecular flexibility index (Phi) is 8.78. The van der Waals surface area contributed by atoms with Crippen molar-refractivity contribution >= 4 is 5.97 Å². The molecule has 5 aromatic rings. The largest absolute Gasteiger partial charge is 0.461 e. The molecule has 0 fully saturated rings. The van der Waals surface area contributed by atoms with E-state index in [1.54, 1.807) is 25.6 Å². The standard InChI is InChI=1S/C35H40N6O3/c1-7-15-29-36-31(35(5,6)43)30(33(42)44-8-2)40(29)23-24-20-21-27(25-16-11-9-12-17-25)28(22-24)32-37-39-41(38-32)34(3,4)26-18-13-10-14-19-26/h9-14,16-22,43H,7-8,15,23H2,1-6H3. The van der Waals surface area contributed by atoms with Crippen molar-refractivity contribution in [1.82, 2.24) is 29.8 Å². The quantitative estimate of drug-likeness (QED) is 0.177. The van der Waals surface area contributed by atoms with Gasteiger partial charge in [0, 0.05) is 18.5 Å². The Morgan fingerprint density at radius 2 is 1.59 bits per heavy atom. The van der Waals surface area contributed by atoms with Crippen molar-refractivity contribution in [2.45, 2.75) is 72.1 Å². The van der Waals surface area contributed by atoms with Gasteiger partial charge in [-0.25, -0.2) is 9.78 Å². The first kappa shape index (κ1) is 30.8. The van der Waals surface area contributed by atoms with Crippen LogP contribution in [0.3, 0.4) is 0 Å². The minimum Gasteiger partial charge on any atom is -0.461 e. The number of aryl methyl sites for hydroxylation is 1. The fourth-order valence-corrected chi connectivity index (χ4v) is 5.36. The first-order valence-corrected chi connectivity index (χ1v) is 15.1. The molecule has 0 spiro atoms. The van der Waals surface area contributed by atoms with Gasteiger partial charge in [-0.2, -0.15) is 4.80 Å². The minimum atomic E-state index is -1.33. The molecule has 0 radical (unpaired) electrons. The molecular formula is C35H40N6O3. The summed E-state index contributed by atoms with van der Waals surface area (Å²) >= 11 is 0. The summed E-state index contributed by atoms with van der Waals surface area (Å²) in [4.78, 5) is 19.7. The number of ether oxygens (including phenoxy) is 1. The maximum atomic E-state index is 13.3. The van der Waals surface area contributed by atoms with Crippen LogP contribution in [0, 0.1) is 0 Å². The number of aliphatic hydroxyl groups is 1. The third-order valence-electron chi connectivity index (χ3n) is 7.71. The summed E-state index contributed by atoms with van der Waals surface area (Å²) in [5.74, 6) is 0.709. The van der Waals surface area contributed by atoms with E-state index in [0.717, 1.165) is 40.1 Å². The summed E-state index contributed by atoms with van der Waals surface area (Å²) in [7, 11) is 0. The summed E-state index contributed by atoms with van der Waals surface area (Å²) < 4.78 is 7.31. The van der Waals surface area contributed by atoms with Crippen LogP contribution in [0.5, 0.6) is 0 Å². The fourth-order valence-electron chi connectivity index (χ4n) is 5.36. The third-order valence-corrected chi connectivity index (χ3v) is 7.71. The van der Waals surface area contributed by atoms with Crippen LogP contribution in [0.25, 0.3) is 22.5 Å². The summed E-state index contributed by atoms with van der Waals surface area (Å²) in [6.45, 7) is 11.8. The van der Waals surface area contributed by atoms with Crippen LogP contribution in [0.1, 0.15) is 81.1 Å². The lowest BCUT2D eigenvalue weighted by atomic mass is 9.95. The molecule has 1 N–H and O–H groups in total. The van der Waals surface area contributed by atoms with E-state index in [4.69, 9.17) is 14.8 Å². The normalized spacial score (nSPS) is 12.0. The fraction of sp³-hybridized carbons (Fsp3) is 0.343. The van der Waals surface area contributed by atoms with Crippen LogP contribution < -0.4 is 0 Å². The van der Waals surface area contributed by atoms with Gasteiger partial charge in [0.1, 0.15) is 22.7 Å². The summed E-state index contributed by atoms with van der Waals surface area (Å²) in [6, 6.07) is 26.4. The highest BCUT2D eigenvalue weighted by Crippen LogP contribution is 2.33. The van der Waals surface area contributed by atoms with Crippen molar-refractivity contribution in [2.75, 3.05) is 6.61 Å². The maximum Gasteiger partial charge on any atom is 0.357 e. The molecule has 5 rings (SSSR count). The molecule has 9 nitrogen and oxygen atoms in total. The van der Waals surface area contributed by atoms with Gasteiger partial charge in [-0.1, -0.05) is 79.7 Å². The predicted octanol–water partition coefficient (Wildman–Crippen LogP) is 6.39. The molecule has 0 aliphatic rings. The van der Waals surface area contributed by atoms with Gasteiger partial charge in [0.05, 0.1) is 6.61 Å². The number of nitrogens with zero attached hydrogens (tertiary/aromatic N) is 6. The molecule has 2 aromatic heterocycles. The molecule has 0 bridgehead atoms. The van der Waals surface area contributed by atoms with E-state index in [0.29, 0.717) is 24.5 Å². The number of tetrazole rings is 1. The Morgan fingerprint density at radius 1 is 0.909 bits per heavy atom. The summed E-state index contributed by atoms with van der Waals surface area (Å²) in [5.41, 5.74) is 3.53. The van der Waals surface area contributed by atoms with Crippen LogP contribution in [0.4, 0.5) is 0 Å². The van der Waals surface area contributed by atoms with E-state index < -0.39 is 17.1 Å². The molecule has 2 heterocycles. The molecule has 0 saturated heterocycles. The van der Waals surface area contributed by atoms with Crippen molar-refractivity contribution in [3.05, 3.63) is 107 Å². The minimum absolute atomic E-state index is 0.217. The van der Waals surface area contributed by atoms with Crippen LogP contribution >= 0.6 is 0 Å². The number of rotatable bonds is 11. The van der Waals surface area contributed by atoms with Gasteiger partial charge in [-0.05, 0) is 74.6 Å². The Morgan fingerprint density at radius 3 is 2.23 bits per heavy atom. The highest BCUT2D eigenvalue weighted by Gasteiger charge is 2.33. The summed E-state index contributed by atoms with van der Waals surface area (Å²) in [5, 5.41) is 24.8. The number of benzene rings is 3. The lowest BCUT2D eigenvalue weighted by Crippen LogP contribution is -2.30. The third kappa shape index (κ3) is 6.19. The molecule has 44 heavy (non-hydrogen) atoms. The first-order valence-electron chi connectivity index (χ1n) is 15.1. The average Bonchev–Trinajstić information content (AvgIpc) is 3.65. The van der Waals surface area contributed by atoms with Gasteiger partial charge in [0.15, 0.2) is 5.69 Å². The summed E-state index contributed by atoms with van der Waals surface area (Å²) in [6.07, 6.45) is 1.47. The van der Waals surface area contributed by atoms with Crippen molar-refractivity contribution in [2.24, 2.45) is 0 Å². The number of imidazole rings is 1. The predicted molar refractivity (Wildman–Crippen MR) is 170 cm³/mol. The molecule has 228 valence electrons. The van der Waals surface area contributed by atoms with Gasteiger partial charge in [-0.15, -0.1) is 10.2 Å². The van der Waals surface area contributed by atoms with Gasteiger partial charge in [0.25, 0.3) is 0 Å². The molecule has 0 unspecified atom stereocenters. The Balaban J connectivity index is 1.63. The molecule has 0 saturated carbocycles. The number of hydrogen-bond donors (Lipinski definition) is 1. The van der Waals surface area contributed by atoms with Gasteiger partial charge < -0.3 is 14.4 Å². The zero-order valence-electron chi connectivity index (χ0n) is 26.3. The topological polar surface area (TPSA) is 108 Å². The lowest BCUT2D eigenvalue weighted by Gasteiger charge is -2.23. The molecule has 0 atom stereocenters. The number of carbonyl (C=O) groups excluding carboxylic acids is 1. The number of esters is 1. The number of hydrogen-bond acceptors (Lipinski definition) is 7. The number of carbonyl (C=O) groups is 1. The second kappa shape index (κ2) is 12.5. The molecule has 0 amide bonds. The Hall–Kier alpha value is -4.63. The van der Waals surface area contributed by atoms with Crippen LogP contribution in [0.2, 0.25) is 0 Å². The molecule has 0 aliphatic heterocycles. The van der Waals surface area contributed by atoms with Crippen molar-refractivity contribution in [3.8, 4) is 22.5 Å². The number of aromatic nitrogens is 6.